The molecule has 2 aromatic rings. The highest BCUT2D eigenvalue weighted by Gasteiger charge is 2.08. The highest BCUT2D eigenvalue weighted by atomic mass is 79.9. The largest absolute Gasteiger partial charge is 0.493 e. The molecule has 0 radical (unpaired) electrons. The van der Waals surface area contributed by atoms with E-state index in [9.17, 15) is 4.79 Å². The van der Waals surface area contributed by atoms with Crippen LogP contribution in [-0.4, -0.2) is 31.5 Å². The topological polar surface area (TPSA) is 79.8 Å². The second-order valence-electron chi connectivity index (χ2n) is 5.35. The van der Waals surface area contributed by atoms with E-state index in [1.54, 1.807) is 19.2 Å². The number of nitrogens with one attached hydrogen (secondary N) is 2. The molecule has 0 bridgehead atoms. The maximum Gasteiger partial charge on any atom is 0.319 e. The van der Waals surface area contributed by atoms with Gasteiger partial charge in [0.05, 0.1) is 19.4 Å². The van der Waals surface area contributed by atoms with Crippen LogP contribution in [0.15, 0.2) is 40.9 Å². The van der Waals surface area contributed by atoms with Gasteiger partial charge in [-0.2, -0.15) is 0 Å². The standard InChI is InChI=1S/C18H21BrN2O4/c1-12-3-5-15(14(19)9-12)21-18(23)20-11-13-4-6-16(25-8-7-22)17(10-13)24-2/h3-6,9-10,22H,7-8,11H2,1-2H3,(H2,20,21,23). The quantitative estimate of drug-likeness (QED) is 0.655. The predicted molar refractivity (Wildman–Crippen MR) is 100 cm³/mol. The van der Waals surface area contributed by atoms with E-state index in [-0.39, 0.29) is 19.2 Å². The third kappa shape index (κ3) is 5.65. The highest BCUT2D eigenvalue weighted by Crippen LogP contribution is 2.28. The molecule has 6 nitrogen and oxygen atoms in total. The molecule has 0 aliphatic rings. The summed E-state index contributed by atoms with van der Waals surface area (Å²) in [7, 11) is 1.54. The number of methoxy groups -OCH3 is 1. The maximum atomic E-state index is 12.1. The molecule has 2 aromatic carbocycles. The molecule has 2 rings (SSSR count). The van der Waals surface area contributed by atoms with Crippen LogP contribution in [-0.2, 0) is 6.54 Å². The normalized spacial score (nSPS) is 10.2. The van der Waals surface area contributed by atoms with Gasteiger partial charge >= 0.3 is 6.03 Å². The Morgan fingerprint density at radius 1 is 1.20 bits per heavy atom. The lowest BCUT2D eigenvalue weighted by Gasteiger charge is -2.13. The summed E-state index contributed by atoms with van der Waals surface area (Å²) in [5.74, 6) is 1.10. The maximum absolute atomic E-state index is 12.1. The number of amides is 2. The van der Waals surface area contributed by atoms with Gasteiger partial charge in [-0.15, -0.1) is 0 Å². The molecule has 25 heavy (non-hydrogen) atoms. The van der Waals surface area contributed by atoms with Gasteiger partial charge in [-0.25, -0.2) is 4.79 Å². The molecule has 0 atom stereocenters. The van der Waals surface area contributed by atoms with Crippen LogP contribution in [0.2, 0.25) is 0 Å². The smallest absolute Gasteiger partial charge is 0.319 e. The number of aliphatic hydroxyl groups is 1. The molecular weight excluding hydrogens is 388 g/mol. The van der Waals surface area contributed by atoms with Crippen molar-refractivity contribution in [3.63, 3.8) is 0 Å². The average molecular weight is 409 g/mol. The van der Waals surface area contributed by atoms with Gasteiger partial charge < -0.3 is 25.2 Å². The lowest BCUT2D eigenvalue weighted by atomic mass is 10.2. The SMILES string of the molecule is COc1cc(CNC(=O)Nc2ccc(C)cc2Br)ccc1OCCO. The van der Waals surface area contributed by atoms with Gasteiger partial charge in [-0.3, -0.25) is 0 Å². The first-order chi connectivity index (χ1) is 12.0. The van der Waals surface area contributed by atoms with E-state index < -0.39 is 0 Å². The summed E-state index contributed by atoms with van der Waals surface area (Å²) in [4.78, 5) is 12.1. The van der Waals surface area contributed by atoms with Crippen molar-refractivity contribution >= 4 is 27.6 Å². The summed E-state index contributed by atoms with van der Waals surface area (Å²) in [6.07, 6.45) is 0. The number of aryl methyl sites for hydroxylation is 1. The van der Waals surface area contributed by atoms with Crippen LogP contribution >= 0.6 is 15.9 Å². The number of hydrogen-bond donors (Lipinski definition) is 3. The van der Waals surface area contributed by atoms with E-state index in [0.717, 1.165) is 15.6 Å². The molecule has 0 aliphatic heterocycles. The minimum atomic E-state index is -0.302. The number of halogens is 1. The second-order valence-corrected chi connectivity index (χ2v) is 6.20. The zero-order valence-corrected chi connectivity index (χ0v) is 15.7. The van der Waals surface area contributed by atoms with Crippen molar-refractivity contribution < 1.29 is 19.4 Å². The number of benzene rings is 2. The van der Waals surface area contributed by atoms with E-state index in [4.69, 9.17) is 14.6 Å². The van der Waals surface area contributed by atoms with Crippen LogP contribution in [0.3, 0.4) is 0 Å². The molecule has 0 saturated carbocycles. The van der Waals surface area contributed by atoms with E-state index in [1.165, 1.54) is 0 Å². The summed E-state index contributed by atoms with van der Waals surface area (Å²) in [5, 5.41) is 14.4. The Hall–Kier alpha value is -2.25. The fourth-order valence-electron chi connectivity index (χ4n) is 2.17. The molecule has 7 heteroatoms. The third-order valence-corrected chi connectivity index (χ3v) is 4.06. The summed E-state index contributed by atoms with van der Waals surface area (Å²) < 4.78 is 11.5. The molecule has 3 N–H and O–H groups in total. The first kappa shape index (κ1) is 19.1. The Bertz CT molecular complexity index is 737. The lowest BCUT2D eigenvalue weighted by molar-refractivity contribution is 0.196. The van der Waals surface area contributed by atoms with Crippen LogP contribution in [0.1, 0.15) is 11.1 Å². The fraction of sp³-hybridized carbons (Fsp3) is 0.278. The Morgan fingerprint density at radius 2 is 2.00 bits per heavy atom. The van der Waals surface area contributed by atoms with E-state index >= 15 is 0 Å². The van der Waals surface area contributed by atoms with E-state index in [0.29, 0.717) is 23.7 Å². The molecule has 134 valence electrons. The van der Waals surface area contributed by atoms with Gasteiger partial charge in [-0.05, 0) is 58.2 Å². The van der Waals surface area contributed by atoms with Crippen LogP contribution in [0, 0.1) is 6.92 Å². The van der Waals surface area contributed by atoms with Crippen molar-refractivity contribution in [1.82, 2.24) is 5.32 Å². The first-order valence-electron chi connectivity index (χ1n) is 7.75. The first-order valence-corrected chi connectivity index (χ1v) is 8.54. The van der Waals surface area contributed by atoms with Crippen molar-refractivity contribution in [1.29, 1.82) is 0 Å². The number of anilines is 1. The van der Waals surface area contributed by atoms with E-state index in [1.807, 2.05) is 31.2 Å². The van der Waals surface area contributed by atoms with E-state index in [2.05, 4.69) is 26.6 Å². The Labute approximate surface area is 155 Å². The summed E-state index contributed by atoms with van der Waals surface area (Å²) in [6.45, 7) is 2.45. The molecule has 0 aromatic heterocycles. The van der Waals surface area contributed by atoms with Crippen molar-refractivity contribution in [2.75, 3.05) is 25.6 Å². The van der Waals surface area contributed by atoms with Gasteiger partial charge in [0, 0.05) is 11.0 Å². The van der Waals surface area contributed by atoms with Gasteiger partial charge in [0.25, 0.3) is 0 Å². The number of hydrogen-bond acceptors (Lipinski definition) is 4. The number of aliphatic hydroxyl groups excluding tert-OH is 1. The number of rotatable bonds is 7. The van der Waals surface area contributed by atoms with Crippen molar-refractivity contribution in [3.8, 4) is 11.5 Å². The number of urea groups is 1. The molecule has 2 amide bonds. The molecule has 0 unspecified atom stereocenters. The summed E-state index contributed by atoms with van der Waals surface area (Å²) in [6, 6.07) is 10.8. The second kappa shape index (κ2) is 9.29. The summed E-state index contributed by atoms with van der Waals surface area (Å²) >= 11 is 3.43. The zero-order valence-electron chi connectivity index (χ0n) is 14.1. The van der Waals surface area contributed by atoms with Gasteiger partial charge in [-0.1, -0.05) is 12.1 Å². The number of ether oxygens (including phenoxy) is 2. The number of carbonyl (C=O) groups excluding carboxylic acids is 1. The lowest BCUT2D eigenvalue weighted by Crippen LogP contribution is -2.28. The zero-order chi connectivity index (χ0) is 18.2. The number of carbonyl (C=O) groups is 1. The molecule has 0 spiro atoms. The predicted octanol–water partition coefficient (Wildman–Crippen LogP) is 3.46. The summed E-state index contributed by atoms with van der Waals surface area (Å²) in [5.41, 5.74) is 2.67. The fourth-order valence-corrected chi connectivity index (χ4v) is 2.76. The van der Waals surface area contributed by atoms with Crippen LogP contribution in [0.4, 0.5) is 10.5 Å². The molecule has 0 aliphatic carbocycles. The van der Waals surface area contributed by atoms with Crippen LogP contribution in [0.25, 0.3) is 0 Å². The van der Waals surface area contributed by atoms with Crippen molar-refractivity contribution in [2.24, 2.45) is 0 Å². The van der Waals surface area contributed by atoms with Gasteiger partial charge in [0.2, 0.25) is 0 Å². The van der Waals surface area contributed by atoms with Crippen molar-refractivity contribution in [3.05, 3.63) is 52.0 Å². The Morgan fingerprint density at radius 3 is 2.68 bits per heavy atom. The minimum Gasteiger partial charge on any atom is -0.493 e. The minimum absolute atomic E-state index is 0.0683. The molecule has 0 heterocycles. The molecule has 0 saturated heterocycles. The Balaban J connectivity index is 1.94. The highest BCUT2D eigenvalue weighted by molar-refractivity contribution is 9.10. The average Bonchev–Trinajstić information content (AvgIpc) is 2.60. The van der Waals surface area contributed by atoms with Crippen molar-refractivity contribution in [2.45, 2.75) is 13.5 Å². The van der Waals surface area contributed by atoms with Gasteiger partial charge in [0.1, 0.15) is 6.61 Å². The molecule has 0 fully saturated rings. The third-order valence-electron chi connectivity index (χ3n) is 3.40. The molecular formula is C18H21BrN2O4. The van der Waals surface area contributed by atoms with Crippen LogP contribution in [0.5, 0.6) is 11.5 Å². The van der Waals surface area contributed by atoms with Gasteiger partial charge in [0.15, 0.2) is 11.5 Å². The van der Waals surface area contributed by atoms with Crippen LogP contribution < -0.4 is 20.1 Å². The monoisotopic (exact) mass is 408 g/mol. The Kier molecular flexibility index (Phi) is 7.09.